The van der Waals surface area contributed by atoms with Crippen molar-refractivity contribution >= 4 is 17.4 Å². The van der Waals surface area contributed by atoms with E-state index >= 15 is 0 Å². The molecule has 0 bridgehead atoms. The van der Waals surface area contributed by atoms with Crippen molar-refractivity contribution in [2.24, 2.45) is 0 Å². The van der Waals surface area contributed by atoms with Gasteiger partial charge in [-0.3, -0.25) is 0 Å². The van der Waals surface area contributed by atoms with Crippen LogP contribution in [0.4, 0.5) is 0 Å². The highest BCUT2D eigenvalue weighted by atomic mass is 32.1. The van der Waals surface area contributed by atoms with Crippen molar-refractivity contribution in [3.8, 4) is 0 Å². The number of hydrogen-bond donors (Lipinski definition) is 1. The second-order valence-corrected chi connectivity index (χ2v) is 3.04. The Kier molecular flexibility index (Phi) is 1.85. The van der Waals surface area contributed by atoms with E-state index in [1.54, 1.807) is 6.20 Å². The molecule has 2 rings (SSSR count). The van der Waals surface area contributed by atoms with Crippen molar-refractivity contribution in [2.45, 2.75) is 12.8 Å². The maximum atomic E-state index is 4.14. The molecule has 1 aromatic heterocycles. The number of aromatic nitrogens is 2. The lowest BCUT2D eigenvalue weighted by Crippen LogP contribution is -2.17. The summed E-state index contributed by atoms with van der Waals surface area (Å²) in [5.74, 6) is 0. The Morgan fingerprint density at radius 3 is 3.18 bits per heavy atom. The molecule has 0 spiro atoms. The van der Waals surface area contributed by atoms with Gasteiger partial charge in [-0.2, -0.15) is 8.75 Å². The summed E-state index contributed by atoms with van der Waals surface area (Å²) in [6.07, 6.45) is 6.36. The monoisotopic (exact) mass is 167 g/mol. The molecular weight excluding hydrogens is 158 g/mol. The predicted octanol–water partition coefficient (Wildman–Crippen LogP) is 1.26. The quantitative estimate of drug-likeness (QED) is 0.684. The molecule has 0 saturated heterocycles. The fourth-order valence-corrected chi connectivity index (χ4v) is 1.55. The smallest absolute Gasteiger partial charge is 0.120 e. The van der Waals surface area contributed by atoms with Crippen LogP contribution in [-0.4, -0.2) is 15.3 Å². The predicted molar refractivity (Wildman–Crippen MR) is 45.1 cm³/mol. The van der Waals surface area contributed by atoms with E-state index in [0.717, 1.165) is 24.4 Å². The molecular formula is C7H9N3S. The first-order chi connectivity index (χ1) is 5.47. The van der Waals surface area contributed by atoms with E-state index in [2.05, 4.69) is 20.1 Å². The van der Waals surface area contributed by atoms with Crippen molar-refractivity contribution in [3.63, 3.8) is 0 Å². The summed E-state index contributed by atoms with van der Waals surface area (Å²) in [4.78, 5) is 0. The van der Waals surface area contributed by atoms with E-state index in [0.29, 0.717) is 0 Å². The van der Waals surface area contributed by atoms with Crippen molar-refractivity contribution in [2.75, 3.05) is 6.54 Å². The van der Waals surface area contributed by atoms with Crippen molar-refractivity contribution < 1.29 is 0 Å². The Hall–Kier alpha value is -0.900. The molecule has 0 unspecified atom stereocenters. The summed E-state index contributed by atoms with van der Waals surface area (Å²) in [5.41, 5.74) is 2.12. The molecule has 58 valence electrons. The minimum absolute atomic E-state index is 0.981. The summed E-state index contributed by atoms with van der Waals surface area (Å²) < 4.78 is 8.09. The molecule has 1 aromatic rings. The molecule has 0 radical (unpaired) electrons. The third-order valence-corrected chi connectivity index (χ3v) is 2.16. The van der Waals surface area contributed by atoms with Crippen molar-refractivity contribution in [1.82, 2.24) is 14.1 Å². The SMILES string of the molecule is C1=C(c2cnsn2)NCCC1. The van der Waals surface area contributed by atoms with Crippen LogP contribution in [0.25, 0.3) is 5.70 Å². The molecule has 0 saturated carbocycles. The van der Waals surface area contributed by atoms with Crippen LogP contribution in [0, 0.1) is 0 Å². The molecule has 0 atom stereocenters. The average Bonchev–Trinajstić information content (AvgIpc) is 2.58. The zero-order valence-corrected chi connectivity index (χ0v) is 6.90. The molecule has 0 fully saturated rings. The van der Waals surface area contributed by atoms with Gasteiger partial charge < -0.3 is 5.32 Å². The standard InChI is InChI=1S/C7H9N3S/c1-2-4-8-6(3-1)7-5-9-11-10-7/h3,5,8H,1-2,4H2. The van der Waals surface area contributed by atoms with Gasteiger partial charge in [0.05, 0.1) is 23.6 Å². The van der Waals surface area contributed by atoms with Crippen molar-refractivity contribution in [1.29, 1.82) is 0 Å². The molecule has 0 aromatic carbocycles. The van der Waals surface area contributed by atoms with E-state index in [9.17, 15) is 0 Å². The van der Waals surface area contributed by atoms with Gasteiger partial charge in [0.25, 0.3) is 0 Å². The first kappa shape index (κ1) is 6.79. The van der Waals surface area contributed by atoms with Crippen LogP contribution in [0.2, 0.25) is 0 Å². The fraction of sp³-hybridized carbons (Fsp3) is 0.429. The summed E-state index contributed by atoms with van der Waals surface area (Å²) >= 11 is 1.25. The van der Waals surface area contributed by atoms with Gasteiger partial charge in [0, 0.05) is 6.54 Å². The van der Waals surface area contributed by atoms with Crippen LogP contribution in [-0.2, 0) is 0 Å². The highest BCUT2D eigenvalue weighted by molar-refractivity contribution is 6.99. The Morgan fingerprint density at radius 1 is 1.55 bits per heavy atom. The normalized spacial score (nSPS) is 17.3. The van der Waals surface area contributed by atoms with Crippen LogP contribution in [0.5, 0.6) is 0 Å². The molecule has 2 heterocycles. The van der Waals surface area contributed by atoms with Crippen LogP contribution in [0.15, 0.2) is 12.3 Å². The summed E-state index contributed by atoms with van der Waals surface area (Å²) in [7, 11) is 0. The third-order valence-electron chi connectivity index (χ3n) is 1.68. The zero-order chi connectivity index (χ0) is 7.52. The van der Waals surface area contributed by atoms with Crippen LogP contribution in [0.3, 0.4) is 0 Å². The van der Waals surface area contributed by atoms with Gasteiger partial charge in [-0.25, -0.2) is 0 Å². The highest BCUT2D eigenvalue weighted by Crippen LogP contribution is 2.13. The Labute approximate surface area is 69.5 Å². The Balaban J connectivity index is 2.22. The minimum atomic E-state index is 0.981. The Bertz CT molecular complexity index is 253. The molecule has 4 heteroatoms. The fourth-order valence-electron chi connectivity index (χ4n) is 1.12. The first-order valence-corrected chi connectivity index (χ1v) is 4.42. The lowest BCUT2D eigenvalue weighted by atomic mass is 10.1. The van der Waals surface area contributed by atoms with Gasteiger partial charge in [0.15, 0.2) is 0 Å². The lowest BCUT2D eigenvalue weighted by Gasteiger charge is -2.12. The molecule has 0 aliphatic carbocycles. The number of hydrogen-bond acceptors (Lipinski definition) is 4. The molecule has 0 amide bonds. The maximum Gasteiger partial charge on any atom is 0.120 e. The first-order valence-electron chi connectivity index (χ1n) is 3.69. The van der Waals surface area contributed by atoms with E-state index in [1.807, 2.05) is 0 Å². The van der Waals surface area contributed by atoms with Gasteiger partial charge in [0.1, 0.15) is 5.69 Å². The third kappa shape index (κ3) is 1.40. The summed E-state index contributed by atoms with van der Waals surface area (Å²) in [6.45, 7) is 1.06. The summed E-state index contributed by atoms with van der Waals surface area (Å²) in [6, 6.07) is 0. The largest absolute Gasteiger partial charge is 0.383 e. The molecule has 11 heavy (non-hydrogen) atoms. The number of nitrogens with zero attached hydrogens (tertiary/aromatic N) is 2. The topological polar surface area (TPSA) is 37.8 Å². The molecule has 1 aliphatic heterocycles. The van der Waals surface area contributed by atoms with E-state index in [1.165, 1.54) is 18.1 Å². The minimum Gasteiger partial charge on any atom is -0.383 e. The Morgan fingerprint density at radius 2 is 2.55 bits per heavy atom. The second-order valence-electron chi connectivity index (χ2n) is 2.48. The molecule has 1 N–H and O–H groups in total. The van der Waals surface area contributed by atoms with Gasteiger partial charge >= 0.3 is 0 Å². The molecule has 1 aliphatic rings. The molecule has 3 nitrogen and oxygen atoms in total. The number of nitrogens with one attached hydrogen (secondary N) is 1. The number of rotatable bonds is 1. The van der Waals surface area contributed by atoms with Gasteiger partial charge in [-0.1, -0.05) is 6.08 Å². The van der Waals surface area contributed by atoms with Crippen LogP contribution < -0.4 is 5.32 Å². The van der Waals surface area contributed by atoms with Gasteiger partial charge in [0.2, 0.25) is 0 Å². The van der Waals surface area contributed by atoms with E-state index < -0.39 is 0 Å². The summed E-state index contributed by atoms with van der Waals surface area (Å²) in [5, 5.41) is 3.29. The van der Waals surface area contributed by atoms with E-state index in [4.69, 9.17) is 0 Å². The average molecular weight is 167 g/mol. The van der Waals surface area contributed by atoms with Crippen molar-refractivity contribution in [3.05, 3.63) is 18.0 Å². The van der Waals surface area contributed by atoms with E-state index in [-0.39, 0.29) is 0 Å². The van der Waals surface area contributed by atoms with Gasteiger partial charge in [-0.05, 0) is 12.8 Å². The lowest BCUT2D eigenvalue weighted by molar-refractivity contribution is 0.742. The second kappa shape index (κ2) is 3.00. The highest BCUT2D eigenvalue weighted by Gasteiger charge is 2.06. The number of allylic oxidation sites excluding steroid dienone is 1. The maximum absolute atomic E-state index is 4.14. The van der Waals surface area contributed by atoms with Gasteiger partial charge in [-0.15, -0.1) is 0 Å². The van der Waals surface area contributed by atoms with Crippen LogP contribution >= 0.6 is 11.7 Å². The zero-order valence-electron chi connectivity index (χ0n) is 6.08. The van der Waals surface area contributed by atoms with Crippen LogP contribution in [0.1, 0.15) is 18.5 Å².